The molecule has 2 aliphatic rings. The van der Waals surface area contributed by atoms with Crippen molar-refractivity contribution >= 4 is 51.3 Å². The number of aryl methyl sites for hydroxylation is 2. The van der Waals surface area contributed by atoms with Crippen molar-refractivity contribution in [2.24, 2.45) is 5.92 Å². The Bertz CT molecular complexity index is 1330. The van der Waals surface area contributed by atoms with E-state index in [0.717, 1.165) is 40.0 Å². The average Bonchev–Trinajstić information content (AvgIpc) is 3.54. The van der Waals surface area contributed by atoms with E-state index < -0.39 is 24.2 Å². The van der Waals surface area contributed by atoms with Crippen molar-refractivity contribution in [3.63, 3.8) is 0 Å². The highest BCUT2D eigenvalue weighted by atomic mass is 127. The molecular weight excluding hydrogens is 601 g/mol. The maximum atomic E-state index is 13.8. The summed E-state index contributed by atoms with van der Waals surface area (Å²) in [6.07, 6.45) is 6.26. The van der Waals surface area contributed by atoms with Crippen molar-refractivity contribution in [1.29, 1.82) is 0 Å². The number of carbonyl (C=O) groups is 2. The molecule has 0 spiro atoms. The molecule has 1 saturated heterocycles. The van der Waals surface area contributed by atoms with Gasteiger partial charge >= 0.3 is 12.0 Å². The molecule has 3 aromatic rings. The molecule has 5 rings (SSSR count). The zero-order valence-corrected chi connectivity index (χ0v) is 23.9. The Kier molecular flexibility index (Phi) is 8.01. The van der Waals surface area contributed by atoms with Gasteiger partial charge in [0.2, 0.25) is 17.7 Å². The lowest BCUT2D eigenvalue weighted by Crippen LogP contribution is -2.50. The summed E-state index contributed by atoms with van der Waals surface area (Å²) in [6, 6.07) is 5.18. The summed E-state index contributed by atoms with van der Waals surface area (Å²) in [5.74, 6) is 0.224. The van der Waals surface area contributed by atoms with Crippen LogP contribution in [-0.2, 0) is 27.2 Å². The Morgan fingerprint density at radius 3 is 2.79 bits per heavy atom. The number of halogens is 1. The zero-order chi connectivity index (χ0) is 26.8. The summed E-state index contributed by atoms with van der Waals surface area (Å²) < 4.78 is 18.3. The van der Waals surface area contributed by atoms with Gasteiger partial charge in [-0.05, 0) is 59.4 Å². The Morgan fingerprint density at radius 1 is 1.18 bits per heavy atom. The summed E-state index contributed by atoms with van der Waals surface area (Å²) in [5, 5.41) is 13.4. The molecule has 11 heteroatoms. The quantitative estimate of drug-likeness (QED) is 0.328. The van der Waals surface area contributed by atoms with Crippen LogP contribution in [0.4, 0.5) is 6.01 Å². The third-order valence-corrected chi connectivity index (χ3v) is 8.06. The molecule has 1 aromatic carbocycles. The number of hydrogen-bond acceptors (Lipinski definition) is 9. The minimum absolute atomic E-state index is 0.106. The van der Waals surface area contributed by atoms with Crippen LogP contribution in [0.3, 0.4) is 0 Å². The van der Waals surface area contributed by atoms with E-state index in [9.17, 15) is 9.59 Å². The Balaban J connectivity index is 1.52. The Labute approximate surface area is 235 Å². The maximum Gasteiger partial charge on any atom is 0.328 e. The number of methoxy groups -OCH3 is 1. The first-order valence-corrected chi connectivity index (χ1v) is 14.1. The van der Waals surface area contributed by atoms with Crippen LogP contribution in [0.2, 0.25) is 0 Å². The van der Waals surface area contributed by atoms with Gasteiger partial charge in [-0.2, -0.15) is 0 Å². The van der Waals surface area contributed by atoms with Crippen LogP contribution in [0.15, 0.2) is 28.8 Å². The number of aromatic nitrogens is 3. The predicted octanol–water partition coefficient (Wildman–Crippen LogP) is 4.15. The van der Waals surface area contributed by atoms with Gasteiger partial charge in [0.15, 0.2) is 0 Å². The van der Waals surface area contributed by atoms with E-state index in [1.54, 1.807) is 11.1 Å². The number of carbonyl (C=O) groups excluding carboxylic acids is 2. The minimum Gasteiger partial charge on any atom is -0.472 e. The lowest BCUT2D eigenvalue weighted by atomic mass is 10.0. The van der Waals surface area contributed by atoms with Crippen molar-refractivity contribution in [3.8, 4) is 5.88 Å². The largest absolute Gasteiger partial charge is 0.472 e. The van der Waals surface area contributed by atoms with Crippen LogP contribution in [0.1, 0.15) is 51.0 Å². The molecule has 10 nitrogen and oxygen atoms in total. The number of amides is 1. The lowest BCUT2D eigenvalue weighted by Gasteiger charge is -2.29. The first kappa shape index (κ1) is 26.6. The molecule has 3 atom stereocenters. The third-order valence-electron chi connectivity index (χ3n) is 7.20. The van der Waals surface area contributed by atoms with Gasteiger partial charge < -0.3 is 24.1 Å². The number of nitrogens with one attached hydrogen (secondary N) is 1. The highest BCUT2D eigenvalue weighted by Crippen LogP contribution is 2.32. The fourth-order valence-electron chi connectivity index (χ4n) is 5.14. The second-order valence-electron chi connectivity index (χ2n) is 10.2. The van der Waals surface area contributed by atoms with E-state index >= 15 is 0 Å². The van der Waals surface area contributed by atoms with Crippen molar-refractivity contribution in [3.05, 3.63) is 39.4 Å². The summed E-state index contributed by atoms with van der Waals surface area (Å²) in [4.78, 5) is 32.7. The summed E-state index contributed by atoms with van der Waals surface area (Å²) in [5.41, 5.74) is 1.21. The smallest absolute Gasteiger partial charge is 0.328 e. The monoisotopic (exact) mass is 633 g/mol. The fraction of sp³-hybridized carbons (Fsp3) is 0.519. The number of esters is 1. The van der Waals surface area contributed by atoms with E-state index in [1.165, 1.54) is 12.7 Å². The second-order valence-corrected chi connectivity index (χ2v) is 11.4. The normalized spacial score (nSPS) is 22.5. The van der Waals surface area contributed by atoms with Crippen molar-refractivity contribution in [1.82, 2.24) is 20.1 Å². The number of nitrogens with zero attached hydrogens (tertiary/aromatic N) is 4. The molecule has 1 fully saturated rings. The first-order chi connectivity index (χ1) is 18.3. The first-order valence-electron chi connectivity index (χ1n) is 13.0. The molecule has 202 valence electrons. The molecule has 38 heavy (non-hydrogen) atoms. The van der Waals surface area contributed by atoms with Crippen molar-refractivity contribution in [2.75, 3.05) is 19.0 Å². The van der Waals surface area contributed by atoms with Gasteiger partial charge in [0.25, 0.3) is 0 Å². The van der Waals surface area contributed by atoms with E-state index in [-0.39, 0.29) is 24.4 Å². The average molecular weight is 633 g/mol. The number of pyridine rings is 1. The molecule has 2 aliphatic heterocycles. The number of rotatable bonds is 2. The van der Waals surface area contributed by atoms with Crippen LogP contribution in [-0.4, -0.2) is 63.8 Å². The lowest BCUT2D eigenvalue weighted by molar-refractivity contribution is -0.151. The van der Waals surface area contributed by atoms with Gasteiger partial charge in [0, 0.05) is 33.4 Å². The van der Waals surface area contributed by atoms with Crippen LogP contribution in [0.5, 0.6) is 5.88 Å². The molecule has 6 bridgehead atoms. The number of anilines is 1. The van der Waals surface area contributed by atoms with Crippen molar-refractivity contribution in [2.45, 2.75) is 70.6 Å². The molecule has 0 saturated carbocycles. The van der Waals surface area contributed by atoms with E-state index in [4.69, 9.17) is 13.9 Å². The number of fused-ring (bicyclic) bond motifs is 5. The van der Waals surface area contributed by atoms with E-state index in [0.29, 0.717) is 24.6 Å². The van der Waals surface area contributed by atoms with Gasteiger partial charge in [-0.1, -0.05) is 37.5 Å². The molecule has 1 amide bonds. The predicted molar refractivity (Wildman–Crippen MR) is 149 cm³/mol. The van der Waals surface area contributed by atoms with Gasteiger partial charge in [0.1, 0.15) is 18.2 Å². The summed E-state index contributed by atoms with van der Waals surface area (Å²) in [7, 11) is 1.33. The van der Waals surface area contributed by atoms with Crippen LogP contribution < -0.4 is 10.1 Å². The second kappa shape index (κ2) is 11.4. The molecule has 1 N–H and O–H groups in total. The van der Waals surface area contributed by atoms with Crippen LogP contribution in [0.25, 0.3) is 10.8 Å². The zero-order valence-electron chi connectivity index (χ0n) is 21.8. The van der Waals surface area contributed by atoms with Gasteiger partial charge in [-0.3, -0.25) is 4.79 Å². The minimum atomic E-state index is -0.768. The number of benzene rings is 1. The Morgan fingerprint density at radius 2 is 2.00 bits per heavy atom. The van der Waals surface area contributed by atoms with Crippen molar-refractivity contribution < 1.29 is 23.5 Å². The number of hydrogen-bond donors (Lipinski definition) is 1. The molecule has 0 radical (unpaired) electrons. The topological polar surface area (TPSA) is 120 Å². The van der Waals surface area contributed by atoms with Gasteiger partial charge in [-0.25, -0.2) is 9.78 Å². The highest BCUT2D eigenvalue weighted by molar-refractivity contribution is 14.1. The summed E-state index contributed by atoms with van der Waals surface area (Å²) >= 11 is 2.28. The molecule has 4 heterocycles. The Hall–Kier alpha value is -2.96. The van der Waals surface area contributed by atoms with E-state index in [2.05, 4.69) is 61.3 Å². The standard InChI is InChI=1S/C27H32IN5O5/c1-15(2)23-25(34)33-14-17(12-21(33)26(35)36-3)37-24-19-11-16(9-10-18(19)20(28)13-29-24)7-5-4-6-8-22-31-32-27(30-23)38-22/h9-11,13,15,17,21,23H,4-8,12,14H2,1-3H3,(H,30,32)/t17-,21+,23+/m1/s1. The highest BCUT2D eigenvalue weighted by Gasteiger charge is 2.44. The van der Waals surface area contributed by atoms with Gasteiger partial charge in [-0.15, -0.1) is 5.10 Å². The molecular formula is C27H32IN5O5. The fourth-order valence-corrected chi connectivity index (χ4v) is 5.75. The third kappa shape index (κ3) is 5.57. The van der Waals surface area contributed by atoms with Crippen LogP contribution >= 0.6 is 22.6 Å². The number of ether oxygens (including phenoxy) is 2. The SMILES string of the molecule is COC(=O)[C@@H]1C[C@@H]2CN1C(=O)[C@H](C(C)C)Nc1nnc(o1)CCCCCc1ccc3c(I)cnc(c3c1)O2. The summed E-state index contributed by atoms with van der Waals surface area (Å²) in [6.45, 7) is 4.09. The van der Waals surface area contributed by atoms with Gasteiger partial charge in [0.05, 0.1) is 13.7 Å². The maximum absolute atomic E-state index is 13.8. The van der Waals surface area contributed by atoms with E-state index in [1.807, 2.05) is 13.8 Å². The van der Waals surface area contributed by atoms with Crippen LogP contribution in [0, 0.1) is 9.49 Å². The molecule has 0 aliphatic carbocycles. The molecule has 2 aromatic heterocycles. The molecule has 0 unspecified atom stereocenters.